The lowest BCUT2D eigenvalue weighted by Gasteiger charge is -2.32. The van der Waals surface area contributed by atoms with Crippen LogP contribution in [0.25, 0.3) is 0 Å². The first-order chi connectivity index (χ1) is 13.6. The van der Waals surface area contributed by atoms with E-state index in [4.69, 9.17) is 0 Å². The van der Waals surface area contributed by atoms with Gasteiger partial charge in [0, 0.05) is 22.6 Å². The fraction of sp³-hybridized carbons (Fsp3) is 0.571. The Morgan fingerprint density at radius 1 is 1.31 bits per heavy atom. The van der Waals surface area contributed by atoms with Gasteiger partial charge in [-0.1, -0.05) is 43.1 Å². The van der Waals surface area contributed by atoms with Gasteiger partial charge in [0.1, 0.15) is 11.3 Å². The average molecular weight is 467 g/mol. The van der Waals surface area contributed by atoms with Crippen LogP contribution in [0.15, 0.2) is 22.7 Å². The lowest BCUT2D eigenvalue weighted by molar-refractivity contribution is -0.152. The third-order valence-corrected chi connectivity index (χ3v) is 6.41. The van der Waals surface area contributed by atoms with E-state index >= 15 is 0 Å². The number of phenols is 1. The molecule has 158 valence electrons. The molecule has 2 heterocycles. The molecule has 2 fully saturated rings. The molecule has 0 saturated carbocycles. The molecule has 8 heteroatoms. The summed E-state index contributed by atoms with van der Waals surface area (Å²) in [5, 5.41) is 23.8. The predicted octanol–water partition coefficient (Wildman–Crippen LogP) is 3.07. The number of phenolic OH excluding ortho intramolecular Hbond substituents is 1. The highest BCUT2D eigenvalue weighted by molar-refractivity contribution is 9.10. The standard InChI is InChI=1S/C21H27BrN2O5/c1-4-5-8-24-18(26)15-16(19(24)27)21(20(28)29,10-11(2)3)23-17(15)13-9-12(22)6-7-14(13)25/h6-7,9,11,15-17,23,25H,4-5,8,10H2,1-3H3,(H,28,29)/t15-,16-,17-,21+/m0/s1. The van der Waals surface area contributed by atoms with Crippen LogP contribution in [0.5, 0.6) is 5.75 Å². The van der Waals surface area contributed by atoms with Gasteiger partial charge in [-0.05, 0) is 37.0 Å². The van der Waals surface area contributed by atoms with E-state index in [1.165, 1.54) is 11.0 Å². The number of halogens is 1. The smallest absolute Gasteiger partial charge is 0.324 e. The first-order valence-electron chi connectivity index (χ1n) is 9.98. The van der Waals surface area contributed by atoms with Crippen molar-refractivity contribution in [2.24, 2.45) is 17.8 Å². The Kier molecular flexibility index (Phi) is 6.06. The summed E-state index contributed by atoms with van der Waals surface area (Å²) in [6.07, 6.45) is 1.69. The molecule has 2 aliphatic heterocycles. The fourth-order valence-corrected chi connectivity index (χ4v) is 5.14. The van der Waals surface area contributed by atoms with Gasteiger partial charge >= 0.3 is 5.97 Å². The van der Waals surface area contributed by atoms with Crippen LogP contribution in [0.2, 0.25) is 0 Å². The van der Waals surface area contributed by atoms with Gasteiger partial charge in [0.2, 0.25) is 11.8 Å². The molecule has 0 aliphatic carbocycles. The Morgan fingerprint density at radius 3 is 2.59 bits per heavy atom. The van der Waals surface area contributed by atoms with Crippen molar-refractivity contribution in [3.05, 3.63) is 28.2 Å². The Labute approximate surface area is 178 Å². The second kappa shape index (κ2) is 8.07. The zero-order chi connectivity index (χ0) is 21.5. The summed E-state index contributed by atoms with van der Waals surface area (Å²) in [6.45, 7) is 6.04. The number of nitrogens with zero attached hydrogens (tertiary/aromatic N) is 1. The summed E-state index contributed by atoms with van der Waals surface area (Å²) >= 11 is 3.37. The van der Waals surface area contributed by atoms with E-state index in [2.05, 4.69) is 21.2 Å². The molecule has 7 nitrogen and oxygen atoms in total. The summed E-state index contributed by atoms with van der Waals surface area (Å²) in [5.41, 5.74) is -1.15. The molecular formula is C21H27BrN2O5. The van der Waals surface area contributed by atoms with Gasteiger partial charge < -0.3 is 10.2 Å². The Hall–Kier alpha value is -1.93. The number of nitrogens with one attached hydrogen (secondary N) is 1. The number of hydrogen-bond acceptors (Lipinski definition) is 5. The Balaban J connectivity index is 2.15. The number of benzene rings is 1. The van der Waals surface area contributed by atoms with E-state index in [0.29, 0.717) is 16.5 Å². The van der Waals surface area contributed by atoms with E-state index in [0.717, 1.165) is 6.42 Å². The zero-order valence-electron chi connectivity index (χ0n) is 16.8. The molecule has 0 bridgehead atoms. The maximum Gasteiger partial charge on any atom is 0.324 e. The minimum absolute atomic E-state index is 0.0123. The van der Waals surface area contributed by atoms with E-state index < -0.39 is 35.3 Å². The van der Waals surface area contributed by atoms with Gasteiger partial charge in [-0.3, -0.25) is 24.6 Å². The van der Waals surface area contributed by atoms with Crippen molar-refractivity contribution in [2.75, 3.05) is 6.54 Å². The number of likely N-dealkylation sites (tertiary alicyclic amines) is 1. The molecule has 0 spiro atoms. The summed E-state index contributed by atoms with van der Waals surface area (Å²) in [5.74, 6) is -3.86. The van der Waals surface area contributed by atoms with Crippen molar-refractivity contribution in [3.63, 3.8) is 0 Å². The number of aromatic hydroxyl groups is 1. The summed E-state index contributed by atoms with van der Waals surface area (Å²) in [7, 11) is 0. The molecule has 0 aromatic heterocycles. The number of rotatable bonds is 7. The van der Waals surface area contributed by atoms with Crippen LogP contribution in [0.1, 0.15) is 51.6 Å². The van der Waals surface area contributed by atoms with Gasteiger partial charge in [-0.2, -0.15) is 0 Å². The van der Waals surface area contributed by atoms with Crippen molar-refractivity contribution >= 4 is 33.7 Å². The number of carbonyl (C=O) groups is 3. The van der Waals surface area contributed by atoms with Crippen molar-refractivity contribution in [3.8, 4) is 5.75 Å². The van der Waals surface area contributed by atoms with Crippen LogP contribution < -0.4 is 5.32 Å². The lowest BCUT2D eigenvalue weighted by Crippen LogP contribution is -2.56. The van der Waals surface area contributed by atoms with Gasteiger partial charge in [0.25, 0.3) is 0 Å². The largest absolute Gasteiger partial charge is 0.508 e. The van der Waals surface area contributed by atoms with Crippen LogP contribution in [0.3, 0.4) is 0 Å². The van der Waals surface area contributed by atoms with E-state index in [1.54, 1.807) is 12.1 Å². The molecule has 1 aromatic carbocycles. The topological polar surface area (TPSA) is 107 Å². The van der Waals surface area contributed by atoms with Gasteiger partial charge in [-0.15, -0.1) is 0 Å². The van der Waals surface area contributed by atoms with Crippen molar-refractivity contribution < 1.29 is 24.6 Å². The molecule has 0 radical (unpaired) electrons. The van der Waals surface area contributed by atoms with Gasteiger partial charge in [0.15, 0.2) is 0 Å². The molecule has 29 heavy (non-hydrogen) atoms. The van der Waals surface area contributed by atoms with Gasteiger partial charge in [0.05, 0.1) is 11.8 Å². The second-order valence-corrected chi connectivity index (χ2v) is 9.30. The molecular weight excluding hydrogens is 440 g/mol. The highest BCUT2D eigenvalue weighted by Gasteiger charge is 2.68. The van der Waals surface area contributed by atoms with Crippen molar-refractivity contribution in [1.29, 1.82) is 0 Å². The first-order valence-corrected chi connectivity index (χ1v) is 10.8. The summed E-state index contributed by atoms with van der Waals surface area (Å²) in [6, 6.07) is 4.06. The van der Waals surface area contributed by atoms with Crippen molar-refractivity contribution in [1.82, 2.24) is 10.2 Å². The number of imide groups is 1. The number of aliphatic carboxylic acids is 1. The number of hydrogen-bond donors (Lipinski definition) is 3. The van der Waals surface area contributed by atoms with Crippen LogP contribution in [0, 0.1) is 17.8 Å². The highest BCUT2D eigenvalue weighted by Crippen LogP contribution is 2.52. The quantitative estimate of drug-likeness (QED) is 0.533. The third kappa shape index (κ3) is 3.57. The maximum atomic E-state index is 13.3. The first kappa shape index (κ1) is 21.8. The molecule has 0 unspecified atom stereocenters. The molecule has 2 amide bonds. The minimum atomic E-state index is -1.56. The normalized spacial score (nSPS) is 29.0. The van der Waals surface area contributed by atoms with E-state index in [9.17, 15) is 24.6 Å². The molecule has 3 rings (SSSR count). The Morgan fingerprint density at radius 2 is 2.00 bits per heavy atom. The second-order valence-electron chi connectivity index (χ2n) is 8.38. The van der Waals surface area contributed by atoms with E-state index in [1.807, 2.05) is 20.8 Å². The highest BCUT2D eigenvalue weighted by atomic mass is 79.9. The van der Waals surface area contributed by atoms with Crippen LogP contribution in [0.4, 0.5) is 0 Å². The molecule has 1 aromatic rings. The summed E-state index contributed by atoms with van der Waals surface area (Å²) < 4.78 is 0.694. The van der Waals surface area contributed by atoms with Crippen LogP contribution in [-0.2, 0) is 14.4 Å². The molecule has 2 aliphatic rings. The average Bonchev–Trinajstić information content (AvgIpc) is 3.10. The molecule has 4 atom stereocenters. The number of carboxylic acid groups (broad SMARTS) is 1. The fourth-order valence-electron chi connectivity index (χ4n) is 4.76. The van der Waals surface area contributed by atoms with Crippen molar-refractivity contribution in [2.45, 2.75) is 51.6 Å². The van der Waals surface area contributed by atoms with Crippen LogP contribution >= 0.6 is 15.9 Å². The summed E-state index contributed by atoms with van der Waals surface area (Å²) in [4.78, 5) is 40.2. The maximum absolute atomic E-state index is 13.3. The molecule has 3 N–H and O–H groups in total. The minimum Gasteiger partial charge on any atom is -0.508 e. The number of amides is 2. The predicted molar refractivity (Wildman–Crippen MR) is 110 cm³/mol. The Bertz CT molecular complexity index is 842. The number of carbonyl (C=O) groups excluding carboxylic acids is 2. The number of fused-ring (bicyclic) bond motifs is 1. The number of unbranched alkanes of at least 4 members (excludes halogenated alkanes) is 1. The molecule has 2 saturated heterocycles. The van der Waals surface area contributed by atoms with E-state index in [-0.39, 0.29) is 30.5 Å². The van der Waals surface area contributed by atoms with Gasteiger partial charge in [-0.25, -0.2) is 0 Å². The number of carboxylic acids is 1. The SMILES string of the molecule is CCCCN1C(=O)[C@H]2[C@@H](C1=O)[C@](CC(C)C)(C(=O)O)N[C@H]2c1cc(Br)ccc1O. The van der Waals surface area contributed by atoms with Crippen LogP contribution in [-0.4, -0.2) is 45.0 Å². The monoisotopic (exact) mass is 466 g/mol. The lowest BCUT2D eigenvalue weighted by atomic mass is 9.75. The third-order valence-electron chi connectivity index (χ3n) is 5.92. The zero-order valence-corrected chi connectivity index (χ0v) is 18.4.